The third-order valence-corrected chi connectivity index (χ3v) is 7.19. The topological polar surface area (TPSA) is 112 Å². The van der Waals surface area contributed by atoms with Crippen LogP contribution in [0, 0.1) is 19.7 Å². The molecule has 1 N–H and O–H groups in total. The number of rotatable bonds is 10. The van der Waals surface area contributed by atoms with Crippen molar-refractivity contribution >= 4 is 29.3 Å². The Kier molecular flexibility index (Phi) is 10.5. The van der Waals surface area contributed by atoms with Crippen molar-refractivity contribution in [3.63, 3.8) is 0 Å². The normalized spacial score (nSPS) is 11.1. The van der Waals surface area contributed by atoms with Gasteiger partial charge in [-0.3, -0.25) is 19.4 Å². The van der Waals surface area contributed by atoms with E-state index in [2.05, 4.69) is 15.0 Å². The third-order valence-electron chi connectivity index (χ3n) is 7.19. The molecule has 0 aliphatic rings. The average Bonchev–Trinajstić information content (AvgIpc) is 3.02. The van der Waals surface area contributed by atoms with E-state index in [1.807, 2.05) is 0 Å². The Morgan fingerprint density at radius 3 is 2.21 bits per heavy atom. The summed E-state index contributed by atoms with van der Waals surface area (Å²) in [5, 5.41) is 2.71. The number of pyridine rings is 1. The molecule has 0 saturated heterocycles. The molecule has 4 rings (SSSR count). The molecule has 0 radical (unpaired) electrons. The zero-order valence-corrected chi connectivity index (χ0v) is 25.9. The maximum atomic E-state index is 14.5. The van der Waals surface area contributed by atoms with Crippen LogP contribution in [0.1, 0.15) is 73.2 Å². The van der Waals surface area contributed by atoms with E-state index in [1.165, 1.54) is 45.2 Å². The molecule has 0 spiro atoms. The molecule has 0 aliphatic carbocycles. The molecule has 244 valence electrons. The molecule has 0 aliphatic heterocycles. The third kappa shape index (κ3) is 8.46. The van der Waals surface area contributed by atoms with Crippen LogP contribution in [0.25, 0.3) is 11.3 Å². The average molecular weight is 651 g/mol. The fourth-order valence-electron chi connectivity index (χ4n) is 4.81. The Morgan fingerprint density at radius 2 is 1.60 bits per heavy atom. The second-order valence-electron chi connectivity index (χ2n) is 10.7. The van der Waals surface area contributed by atoms with Crippen LogP contribution in [0.4, 0.5) is 23.2 Å². The maximum absolute atomic E-state index is 14.5. The zero-order chi connectivity index (χ0) is 34.5. The minimum Gasteiger partial charge on any atom is -0.465 e. The largest absolute Gasteiger partial charge is 0.465 e. The lowest BCUT2D eigenvalue weighted by atomic mass is 10.0. The van der Waals surface area contributed by atoms with Crippen LogP contribution in [0.15, 0.2) is 66.7 Å². The first kappa shape index (κ1) is 34.5. The quantitative estimate of drug-likeness (QED) is 0.0811. The van der Waals surface area contributed by atoms with Gasteiger partial charge in [-0.1, -0.05) is 18.2 Å². The number of carbonyl (C=O) groups excluding carboxylic acids is 4. The van der Waals surface area contributed by atoms with E-state index < -0.39 is 35.4 Å². The molecule has 0 unspecified atom stereocenters. The monoisotopic (exact) mass is 650 g/mol. The number of hydrogen-bond donors (Lipinski definition) is 1. The number of ether oxygens (including phenoxy) is 2. The molecule has 47 heavy (non-hydrogen) atoms. The van der Waals surface area contributed by atoms with Gasteiger partial charge in [0.1, 0.15) is 0 Å². The summed E-state index contributed by atoms with van der Waals surface area (Å²) in [6, 6.07) is 14.5. The molecule has 0 fully saturated rings. The second kappa shape index (κ2) is 14.4. The van der Waals surface area contributed by atoms with Crippen molar-refractivity contribution in [3.05, 3.63) is 112 Å². The SMILES string of the molecule is COC(=O)c1cc(C)c(OC(=O)CCCc2ccc(NC(=O)c3ccc(C)nc3-c3ccc(C(F)(F)F)cc3)c(C(C)=O)c2)c(F)c1. The standard InChI is InChI=1S/C35H30F4N2O6/c1-19-16-24(34(45)46-4)18-28(36)32(19)47-30(43)7-5-6-22-9-15-29(27(17-22)21(3)42)41-33(44)26-14-8-20(2)40-31(26)23-10-12-25(13-11-23)35(37,38)39/h8-18H,5-7H2,1-4H3,(H,41,44). The Balaban J connectivity index is 1.45. The summed E-state index contributed by atoms with van der Waals surface area (Å²) in [5.41, 5.74) is 1.64. The number of aryl methyl sites for hydroxylation is 3. The fourth-order valence-corrected chi connectivity index (χ4v) is 4.81. The number of nitrogens with zero attached hydrogens (tertiary/aromatic N) is 1. The van der Waals surface area contributed by atoms with Gasteiger partial charge >= 0.3 is 18.1 Å². The number of carbonyl (C=O) groups is 4. The lowest BCUT2D eigenvalue weighted by Gasteiger charge is -2.14. The molecule has 4 aromatic rings. The van der Waals surface area contributed by atoms with Crippen molar-refractivity contribution < 1.29 is 46.2 Å². The molecule has 1 amide bonds. The lowest BCUT2D eigenvalue weighted by molar-refractivity contribution is -0.137. The predicted molar refractivity (Wildman–Crippen MR) is 165 cm³/mol. The van der Waals surface area contributed by atoms with Gasteiger partial charge in [-0.25, -0.2) is 9.18 Å². The molecule has 0 bridgehead atoms. The van der Waals surface area contributed by atoms with Crippen molar-refractivity contribution in [2.75, 3.05) is 12.4 Å². The highest BCUT2D eigenvalue weighted by atomic mass is 19.4. The Bertz CT molecular complexity index is 1830. The molecular weight excluding hydrogens is 620 g/mol. The van der Waals surface area contributed by atoms with E-state index in [1.54, 1.807) is 31.2 Å². The number of esters is 2. The highest BCUT2D eigenvalue weighted by Crippen LogP contribution is 2.32. The summed E-state index contributed by atoms with van der Waals surface area (Å²) in [4.78, 5) is 54.4. The van der Waals surface area contributed by atoms with Crippen LogP contribution >= 0.6 is 0 Å². The number of alkyl halides is 3. The van der Waals surface area contributed by atoms with Crippen LogP contribution in [-0.4, -0.2) is 35.7 Å². The van der Waals surface area contributed by atoms with Gasteiger partial charge in [-0.05, 0) is 93.3 Å². The maximum Gasteiger partial charge on any atom is 0.416 e. The Morgan fingerprint density at radius 1 is 0.894 bits per heavy atom. The van der Waals surface area contributed by atoms with Crippen LogP contribution < -0.4 is 10.1 Å². The van der Waals surface area contributed by atoms with Crippen LogP contribution in [0.2, 0.25) is 0 Å². The summed E-state index contributed by atoms with van der Waals surface area (Å²) >= 11 is 0. The molecule has 8 nitrogen and oxygen atoms in total. The summed E-state index contributed by atoms with van der Waals surface area (Å²) in [7, 11) is 1.17. The van der Waals surface area contributed by atoms with Gasteiger partial charge in [0.15, 0.2) is 17.3 Å². The Hall–Kier alpha value is -5.39. The second-order valence-corrected chi connectivity index (χ2v) is 10.7. The fraction of sp³-hybridized carbons (Fsp3) is 0.229. The number of nitrogens with one attached hydrogen (secondary N) is 1. The van der Waals surface area contributed by atoms with Gasteiger partial charge < -0.3 is 14.8 Å². The molecule has 1 heterocycles. The molecule has 1 aromatic heterocycles. The molecule has 0 saturated carbocycles. The number of amides is 1. The van der Waals surface area contributed by atoms with E-state index >= 15 is 0 Å². The smallest absolute Gasteiger partial charge is 0.416 e. The first-order valence-corrected chi connectivity index (χ1v) is 14.4. The summed E-state index contributed by atoms with van der Waals surface area (Å²) in [5.74, 6) is -3.54. The van der Waals surface area contributed by atoms with Crippen molar-refractivity contribution in [2.24, 2.45) is 0 Å². The van der Waals surface area contributed by atoms with Crippen LogP contribution in [0.3, 0.4) is 0 Å². The molecule has 3 aromatic carbocycles. The van der Waals surface area contributed by atoms with Crippen molar-refractivity contribution in [1.82, 2.24) is 4.98 Å². The predicted octanol–water partition coefficient (Wildman–Crippen LogP) is 7.69. The van der Waals surface area contributed by atoms with Gasteiger partial charge in [0.25, 0.3) is 5.91 Å². The number of methoxy groups -OCH3 is 1. The number of halogens is 4. The molecular formula is C35H30F4N2O6. The summed E-state index contributed by atoms with van der Waals surface area (Å²) in [6.45, 7) is 4.51. The summed E-state index contributed by atoms with van der Waals surface area (Å²) < 4.78 is 63.5. The number of anilines is 1. The van der Waals surface area contributed by atoms with E-state index in [0.717, 1.165) is 18.2 Å². The van der Waals surface area contributed by atoms with E-state index in [-0.39, 0.29) is 51.6 Å². The van der Waals surface area contributed by atoms with Gasteiger partial charge in [0.05, 0.1) is 35.2 Å². The van der Waals surface area contributed by atoms with Crippen molar-refractivity contribution in [3.8, 4) is 17.0 Å². The molecule has 0 atom stereocenters. The van der Waals surface area contributed by atoms with Crippen LogP contribution in [-0.2, 0) is 22.1 Å². The number of benzene rings is 3. The number of aromatic nitrogens is 1. The number of Topliss-reactive ketones (excluding diaryl/α,β-unsaturated/α-hetero) is 1. The highest BCUT2D eigenvalue weighted by molar-refractivity contribution is 6.11. The summed E-state index contributed by atoms with van der Waals surface area (Å²) in [6.07, 6.45) is -3.93. The van der Waals surface area contributed by atoms with Gasteiger partial charge in [0.2, 0.25) is 0 Å². The number of ketones is 1. The van der Waals surface area contributed by atoms with Crippen LogP contribution in [0.5, 0.6) is 5.75 Å². The minimum absolute atomic E-state index is 0.0154. The van der Waals surface area contributed by atoms with E-state index in [4.69, 9.17) is 4.74 Å². The van der Waals surface area contributed by atoms with Gasteiger partial charge in [-0.2, -0.15) is 13.2 Å². The first-order valence-electron chi connectivity index (χ1n) is 14.4. The molecule has 12 heteroatoms. The lowest BCUT2D eigenvalue weighted by Crippen LogP contribution is -2.16. The number of hydrogen-bond acceptors (Lipinski definition) is 7. The minimum atomic E-state index is -4.52. The van der Waals surface area contributed by atoms with E-state index in [0.29, 0.717) is 29.7 Å². The highest BCUT2D eigenvalue weighted by Gasteiger charge is 2.30. The van der Waals surface area contributed by atoms with Crippen molar-refractivity contribution in [1.29, 1.82) is 0 Å². The Labute approximate surface area is 267 Å². The van der Waals surface area contributed by atoms with Crippen molar-refractivity contribution in [2.45, 2.75) is 46.2 Å². The van der Waals surface area contributed by atoms with Gasteiger partial charge in [-0.15, -0.1) is 0 Å². The van der Waals surface area contributed by atoms with Gasteiger partial charge in [0, 0.05) is 23.2 Å². The zero-order valence-electron chi connectivity index (χ0n) is 25.9. The van der Waals surface area contributed by atoms with E-state index in [9.17, 15) is 36.7 Å². The first-order chi connectivity index (χ1) is 22.2.